The molecule has 1 aliphatic heterocycles. The molecule has 0 aliphatic carbocycles. The highest BCUT2D eigenvalue weighted by molar-refractivity contribution is 7.92. The van der Waals surface area contributed by atoms with Gasteiger partial charge in [-0.1, -0.05) is 12.1 Å². The second-order valence-corrected chi connectivity index (χ2v) is 8.34. The smallest absolute Gasteiger partial charge is 0.265 e. The first-order chi connectivity index (χ1) is 13.4. The molecule has 8 heteroatoms. The highest BCUT2D eigenvalue weighted by Gasteiger charge is 2.24. The maximum Gasteiger partial charge on any atom is 0.265 e. The van der Waals surface area contributed by atoms with Crippen LogP contribution in [0.5, 0.6) is 5.75 Å². The molecule has 0 unspecified atom stereocenters. The van der Waals surface area contributed by atoms with E-state index in [1.165, 1.54) is 14.2 Å². The fraction of sp³-hybridized carbons (Fsp3) is 0.350. The number of rotatable bonds is 6. The summed E-state index contributed by atoms with van der Waals surface area (Å²) in [5.74, 6) is 0.122. The molecule has 0 spiro atoms. The van der Waals surface area contributed by atoms with Crippen molar-refractivity contribution in [3.8, 4) is 5.75 Å². The van der Waals surface area contributed by atoms with Gasteiger partial charge in [0.25, 0.3) is 15.9 Å². The van der Waals surface area contributed by atoms with Gasteiger partial charge in [-0.15, -0.1) is 0 Å². The van der Waals surface area contributed by atoms with Crippen LogP contribution in [0.3, 0.4) is 0 Å². The number of nitrogens with one attached hydrogen (secondary N) is 1. The number of nitrogens with zero attached hydrogens (tertiary/aromatic N) is 1. The minimum atomic E-state index is -3.86. The molecule has 1 heterocycles. The molecule has 2 aromatic carbocycles. The number of methoxy groups -OCH3 is 2. The molecule has 1 N–H and O–H groups in total. The van der Waals surface area contributed by atoms with Crippen LogP contribution in [0.2, 0.25) is 0 Å². The molecule has 0 bridgehead atoms. The summed E-state index contributed by atoms with van der Waals surface area (Å²) in [6.07, 6.45) is 1.69. The molecule has 1 amide bonds. The lowest BCUT2D eigenvalue weighted by Crippen LogP contribution is -2.37. The first kappa shape index (κ1) is 20.2. The topological polar surface area (TPSA) is 84.9 Å². The zero-order valence-electron chi connectivity index (χ0n) is 16.2. The Morgan fingerprint density at radius 2 is 1.96 bits per heavy atom. The lowest BCUT2D eigenvalue weighted by Gasteiger charge is -2.30. The third-order valence-electron chi connectivity index (χ3n) is 4.63. The number of carbonyl (C=O) groups excluding carboxylic acids is 1. The zero-order valence-corrected chi connectivity index (χ0v) is 17.0. The molecule has 0 fully saturated rings. The quantitative estimate of drug-likeness (QED) is 0.800. The summed E-state index contributed by atoms with van der Waals surface area (Å²) in [6, 6.07) is 10.2. The van der Waals surface area contributed by atoms with Crippen LogP contribution in [0.25, 0.3) is 0 Å². The minimum Gasteiger partial charge on any atom is -0.495 e. The summed E-state index contributed by atoms with van der Waals surface area (Å²) in [5, 5.41) is 0. The van der Waals surface area contributed by atoms with Crippen molar-refractivity contribution >= 4 is 27.3 Å². The molecule has 28 heavy (non-hydrogen) atoms. The number of benzene rings is 2. The van der Waals surface area contributed by atoms with Crippen LogP contribution in [0.15, 0.2) is 41.3 Å². The summed E-state index contributed by atoms with van der Waals surface area (Å²) in [5.41, 5.74) is 2.92. The first-order valence-corrected chi connectivity index (χ1v) is 10.4. The van der Waals surface area contributed by atoms with Gasteiger partial charge in [0, 0.05) is 19.3 Å². The van der Waals surface area contributed by atoms with Crippen LogP contribution in [0.4, 0.5) is 11.4 Å². The third kappa shape index (κ3) is 4.13. The molecule has 7 nitrogen and oxygen atoms in total. The zero-order chi connectivity index (χ0) is 20.3. The lowest BCUT2D eigenvalue weighted by atomic mass is 10.0. The third-order valence-corrected chi connectivity index (χ3v) is 6.04. The van der Waals surface area contributed by atoms with E-state index >= 15 is 0 Å². The number of ether oxygens (including phenoxy) is 2. The van der Waals surface area contributed by atoms with E-state index in [4.69, 9.17) is 9.47 Å². The fourth-order valence-corrected chi connectivity index (χ4v) is 4.61. The monoisotopic (exact) mass is 404 g/mol. The number of anilines is 2. The Hall–Kier alpha value is -2.58. The predicted molar refractivity (Wildman–Crippen MR) is 108 cm³/mol. The van der Waals surface area contributed by atoms with E-state index < -0.39 is 10.0 Å². The van der Waals surface area contributed by atoms with Gasteiger partial charge in [-0.2, -0.15) is 0 Å². The number of hydrogen-bond donors (Lipinski definition) is 1. The highest BCUT2D eigenvalue weighted by Crippen LogP contribution is 2.32. The summed E-state index contributed by atoms with van der Waals surface area (Å²) in [7, 11) is -0.949. The van der Waals surface area contributed by atoms with Crippen LogP contribution >= 0.6 is 0 Å². The van der Waals surface area contributed by atoms with Crippen molar-refractivity contribution in [2.75, 3.05) is 37.0 Å². The minimum absolute atomic E-state index is 0.0180. The molecule has 0 radical (unpaired) electrons. The molecule has 0 atom stereocenters. The standard InChI is InChI=1S/C20H24N2O5S/c1-14-6-9-18(27-3)19(11-14)28(24,25)21-16-8-7-15-5-4-10-22(17(15)12-16)20(23)13-26-2/h6-9,11-12,21H,4-5,10,13H2,1-3H3. The summed E-state index contributed by atoms with van der Waals surface area (Å²) in [4.78, 5) is 14.1. The summed E-state index contributed by atoms with van der Waals surface area (Å²) < 4.78 is 38.6. The number of aryl methyl sites for hydroxylation is 2. The van der Waals surface area contributed by atoms with Gasteiger partial charge < -0.3 is 14.4 Å². The van der Waals surface area contributed by atoms with Crippen molar-refractivity contribution in [3.05, 3.63) is 47.5 Å². The van der Waals surface area contributed by atoms with E-state index in [0.717, 1.165) is 24.0 Å². The predicted octanol–water partition coefficient (Wildman–Crippen LogP) is 2.73. The van der Waals surface area contributed by atoms with Crippen molar-refractivity contribution < 1.29 is 22.7 Å². The van der Waals surface area contributed by atoms with E-state index in [1.807, 2.05) is 13.0 Å². The Bertz CT molecular complexity index is 988. The maximum atomic E-state index is 12.9. The van der Waals surface area contributed by atoms with E-state index in [0.29, 0.717) is 17.9 Å². The van der Waals surface area contributed by atoms with Crippen LogP contribution in [0.1, 0.15) is 17.5 Å². The van der Waals surface area contributed by atoms with E-state index in [-0.39, 0.29) is 23.2 Å². The number of amides is 1. The second-order valence-electron chi connectivity index (χ2n) is 6.69. The van der Waals surface area contributed by atoms with Gasteiger partial charge >= 0.3 is 0 Å². The molecule has 3 rings (SSSR count). The van der Waals surface area contributed by atoms with E-state index in [9.17, 15) is 13.2 Å². The Labute approximate surface area is 165 Å². The van der Waals surface area contributed by atoms with Gasteiger partial charge in [-0.25, -0.2) is 8.42 Å². The molecule has 0 saturated heterocycles. The van der Waals surface area contributed by atoms with Crippen LogP contribution in [0, 0.1) is 6.92 Å². The van der Waals surface area contributed by atoms with Gasteiger partial charge in [-0.3, -0.25) is 9.52 Å². The van der Waals surface area contributed by atoms with Crippen LogP contribution in [-0.2, 0) is 26.0 Å². The Kier molecular flexibility index (Phi) is 5.90. The SMILES string of the molecule is COCC(=O)N1CCCc2ccc(NS(=O)(=O)c3cc(C)ccc3OC)cc21. The molecule has 2 aromatic rings. The Morgan fingerprint density at radius 3 is 2.68 bits per heavy atom. The van der Waals surface area contributed by atoms with Gasteiger partial charge in [0.1, 0.15) is 17.3 Å². The molecule has 0 aromatic heterocycles. The fourth-order valence-electron chi connectivity index (χ4n) is 3.30. The second kappa shape index (κ2) is 8.20. The maximum absolute atomic E-state index is 12.9. The van der Waals surface area contributed by atoms with Crippen LogP contribution in [-0.4, -0.2) is 41.7 Å². The molecular weight excluding hydrogens is 380 g/mol. The average molecular weight is 404 g/mol. The van der Waals surface area contributed by atoms with Crippen molar-refractivity contribution in [2.45, 2.75) is 24.7 Å². The number of carbonyl (C=O) groups is 1. The molecular formula is C20H24N2O5S. The first-order valence-electron chi connectivity index (χ1n) is 8.95. The molecule has 1 aliphatic rings. The van der Waals surface area contributed by atoms with E-state index in [1.54, 1.807) is 35.2 Å². The Balaban J connectivity index is 1.94. The van der Waals surface area contributed by atoms with Gasteiger partial charge in [0.05, 0.1) is 12.8 Å². The average Bonchev–Trinajstić information content (AvgIpc) is 2.67. The Morgan fingerprint density at radius 1 is 1.18 bits per heavy atom. The molecule has 150 valence electrons. The number of fused-ring (bicyclic) bond motifs is 1. The highest BCUT2D eigenvalue weighted by atomic mass is 32.2. The van der Waals surface area contributed by atoms with Gasteiger partial charge in [-0.05, 0) is 55.2 Å². The van der Waals surface area contributed by atoms with Gasteiger partial charge in [0.2, 0.25) is 0 Å². The van der Waals surface area contributed by atoms with Gasteiger partial charge in [0.15, 0.2) is 0 Å². The van der Waals surface area contributed by atoms with Crippen LogP contribution < -0.4 is 14.4 Å². The van der Waals surface area contributed by atoms with Crippen molar-refractivity contribution in [2.24, 2.45) is 0 Å². The largest absolute Gasteiger partial charge is 0.495 e. The summed E-state index contributed by atoms with van der Waals surface area (Å²) >= 11 is 0. The van der Waals surface area contributed by atoms with Crippen molar-refractivity contribution in [1.29, 1.82) is 0 Å². The number of hydrogen-bond acceptors (Lipinski definition) is 5. The lowest BCUT2D eigenvalue weighted by molar-refractivity contribution is -0.122. The van der Waals surface area contributed by atoms with E-state index in [2.05, 4.69) is 4.72 Å². The van der Waals surface area contributed by atoms with Crippen molar-refractivity contribution in [3.63, 3.8) is 0 Å². The normalized spacial score (nSPS) is 13.8. The molecule has 0 saturated carbocycles. The number of sulfonamides is 1. The summed E-state index contributed by atoms with van der Waals surface area (Å²) in [6.45, 7) is 2.38. The van der Waals surface area contributed by atoms with Crippen molar-refractivity contribution in [1.82, 2.24) is 0 Å².